The van der Waals surface area contributed by atoms with E-state index in [1.54, 1.807) is 36.4 Å². The van der Waals surface area contributed by atoms with Gasteiger partial charge in [-0.15, -0.1) is 0 Å². The van der Waals surface area contributed by atoms with E-state index in [9.17, 15) is 9.59 Å². The number of amides is 2. The summed E-state index contributed by atoms with van der Waals surface area (Å²) < 4.78 is 5.63. The Morgan fingerprint density at radius 1 is 0.871 bits per heavy atom. The normalized spacial score (nSPS) is 28.3. The van der Waals surface area contributed by atoms with Gasteiger partial charge in [0.2, 0.25) is 0 Å². The van der Waals surface area contributed by atoms with E-state index < -0.39 is 12.0 Å². The average molecular weight is 459 g/mol. The summed E-state index contributed by atoms with van der Waals surface area (Å²) in [6.45, 7) is 0. The molecule has 5 nitrogen and oxygen atoms in total. The number of nitrogens with one attached hydrogen (secondary N) is 2. The van der Waals surface area contributed by atoms with Crippen molar-refractivity contribution in [2.45, 2.75) is 44.1 Å². The van der Waals surface area contributed by atoms with Gasteiger partial charge in [-0.05, 0) is 98.7 Å². The lowest BCUT2D eigenvalue weighted by Gasteiger charge is -2.56. The number of hydrogen-bond donors (Lipinski definition) is 2. The maximum atomic E-state index is 12.8. The minimum Gasteiger partial charge on any atom is -0.409 e. The maximum Gasteiger partial charge on any atom is 0.413 e. The molecule has 0 atom stereocenters. The molecule has 162 valence electrons. The predicted octanol–water partition coefficient (Wildman–Crippen LogP) is 6.30. The van der Waals surface area contributed by atoms with Crippen molar-refractivity contribution in [3.05, 3.63) is 58.1 Å². The third kappa shape index (κ3) is 4.39. The van der Waals surface area contributed by atoms with Crippen molar-refractivity contribution in [1.29, 1.82) is 0 Å². The van der Waals surface area contributed by atoms with Crippen LogP contribution in [-0.2, 0) is 0 Å². The van der Waals surface area contributed by atoms with Crippen LogP contribution in [0.15, 0.2) is 42.5 Å². The van der Waals surface area contributed by atoms with Crippen molar-refractivity contribution >= 4 is 40.9 Å². The molecule has 4 fully saturated rings. The molecule has 0 unspecified atom stereocenters. The number of halogens is 2. The zero-order chi connectivity index (χ0) is 21.6. The molecule has 0 spiro atoms. The summed E-state index contributed by atoms with van der Waals surface area (Å²) in [4.78, 5) is 25.7. The molecule has 0 saturated heterocycles. The fourth-order valence-corrected chi connectivity index (χ4v) is 6.40. The summed E-state index contributed by atoms with van der Waals surface area (Å²) >= 11 is 12.0. The monoisotopic (exact) mass is 458 g/mol. The van der Waals surface area contributed by atoms with Crippen molar-refractivity contribution < 1.29 is 14.3 Å². The number of hydrogen-bond acceptors (Lipinski definition) is 3. The smallest absolute Gasteiger partial charge is 0.409 e. The topological polar surface area (TPSA) is 67.4 Å². The molecule has 2 aromatic carbocycles. The highest BCUT2D eigenvalue weighted by molar-refractivity contribution is 6.31. The summed E-state index contributed by atoms with van der Waals surface area (Å²) in [7, 11) is 0. The van der Waals surface area contributed by atoms with Crippen LogP contribution in [-0.4, -0.2) is 17.5 Å². The summed E-state index contributed by atoms with van der Waals surface area (Å²) in [5.74, 6) is 1.90. The number of carbonyl (C=O) groups excluding carboxylic acids is 2. The van der Waals surface area contributed by atoms with Crippen LogP contribution in [0, 0.1) is 17.8 Å². The molecule has 7 heteroatoms. The van der Waals surface area contributed by atoms with Crippen LogP contribution in [0.2, 0.25) is 10.0 Å². The molecule has 4 aliphatic carbocycles. The van der Waals surface area contributed by atoms with Crippen LogP contribution >= 0.6 is 23.2 Å². The SMILES string of the molecule is O=C(NC12CC3CC(CC(C3)C1)C2)Oc1ccc(Cl)cc1C(=O)Nc1ccc(Cl)cc1. The maximum absolute atomic E-state index is 12.8. The van der Waals surface area contributed by atoms with Gasteiger partial charge in [0.1, 0.15) is 5.75 Å². The second-order valence-corrected chi connectivity index (χ2v) is 10.2. The Kier molecular flexibility index (Phi) is 5.35. The minimum absolute atomic E-state index is 0.163. The number of anilines is 1. The van der Waals surface area contributed by atoms with E-state index in [-0.39, 0.29) is 16.9 Å². The molecule has 2 amide bonds. The number of benzene rings is 2. The van der Waals surface area contributed by atoms with Gasteiger partial charge in [0.15, 0.2) is 0 Å². The van der Waals surface area contributed by atoms with E-state index in [1.165, 1.54) is 25.3 Å². The molecule has 4 aliphatic rings. The predicted molar refractivity (Wildman–Crippen MR) is 121 cm³/mol. The first-order valence-corrected chi connectivity index (χ1v) is 11.5. The molecule has 6 rings (SSSR count). The molecule has 0 aromatic heterocycles. The Hall–Kier alpha value is -2.24. The lowest BCUT2D eigenvalue weighted by atomic mass is 9.53. The van der Waals surface area contributed by atoms with E-state index in [0.717, 1.165) is 19.3 Å². The van der Waals surface area contributed by atoms with Gasteiger partial charge in [-0.3, -0.25) is 4.79 Å². The van der Waals surface area contributed by atoms with E-state index in [2.05, 4.69) is 10.6 Å². The molecule has 0 radical (unpaired) electrons. The van der Waals surface area contributed by atoms with E-state index in [4.69, 9.17) is 27.9 Å². The largest absolute Gasteiger partial charge is 0.413 e. The van der Waals surface area contributed by atoms with Gasteiger partial charge >= 0.3 is 6.09 Å². The van der Waals surface area contributed by atoms with Gasteiger partial charge in [0, 0.05) is 21.3 Å². The molecule has 2 N–H and O–H groups in total. The Bertz CT molecular complexity index is 987. The number of carbonyl (C=O) groups is 2. The number of rotatable bonds is 4. The Morgan fingerprint density at radius 2 is 1.45 bits per heavy atom. The molecule has 0 aliphatic heterocycles. The first-order valence-electron chi connectivity index (χ1n) is 10.7. The highest BCUT2D eigenvalue weighted by Crippen LogP contribution is 2.55. The van der Waals surface area contributed by atoms with Crippen molar-refractivity contribution in [1.82, 2.24) is 5.32 Å². The quantitative estimate of drug-likeness (QED) is 0.564. The van der Waals surface area contributed by atoms with Gasteiger partial charge in [-0.25, -0.2) is 4.79 Å². The van der Waals surface area contributed by atoms with E-state index >= 15 is 0 Å². The highest BCUT2D eigenvalue weighted by Gasteiger charge is 2.51. The van der Waals surface area contributed by atoms with Crippen LogP contribution in [0.25, 0.3) is 0 Å². The lowest BCUT2D eigenvalue weighted by Crippen LogP contribution is -2.60. The van der Waals surface area contributed by atoms with Crippen LogP contribution in [0.4, 0.5) is 10.5 Å². The van der Waals surface area contributed by atoms with Crippen molar-refractivity contribution in [2.75, 3.05) is 5.32 Å². The molecule has 4 bridgehead atoms. The van der Waals surface area contributed by atoms with E-state index in [1.807, 2.05) is 0 Å². The molecule has 31 heavy (non-hydrogen) atoms. The molecular weight excluding hydrogens is 435 g/mol. The highest BCUT2D eigenvalue weighted by atomic mass is 35.5. The average Bonchev–Trinajstić information content (AvgIpc) is 2.69. The Morgan fingerprint density at radius 3 is 2.06 bits per heavy atom. The summed E-state index contributed by atoms with van der Waals surface area (Å²) in [5.41, 5.74) is 0.616. The summed E-state index contributed by atoms with van der Waals surface area (Å²) in [6.07, 6.45) is 6.45. The van der Waals surface area contributed by atoms with Gasteiger partial charge in [0.05, 0.1) is 5.56 Å². The van der Waals surface area contributed by atoms with Crippen molar-refractivity contribution in [3.8, 4) is 5.75 Å². The van der Waals surface area contributed by atoms with Crippen molar-refractivity contribution in [2.24, 2.45) is 17.8 Å². The Balaban J connectivity index is 1.31. The minimum atomic E-state index is -0.509. The molecule has 4 saturated carbocycles. The second-order valence-electron chi connectivity index (χ2n) is 9.31. The van der Waals surface area contributed by atoms with Crippen LogP contribution < -0.4 is 15.4 Å². The Labute approximate surface area is 191 Å². The van der Waals surface area contributed by atoms with Crippen LogP contribution in [0.3, 0.4) is 0 Å². The summed E-state index contributed by atoms with van der Waals surface area (Å²) in [5, 5.41) is 6.91. The van der Waals surface area contributed by atoms with Gasteiger partial charge < -0.3 is 15.4 Å². The first kappa shape index (κ1) is 20.7. The fraction of sp³-hybridized carbons (Fsp3) is 0.417. The lowest BCUT2D eigenvalue weighted by molar-refractivity contribution is -0.0161. The third-order valence-corrected chi connectivity index (χ3v) is 7.38. The second kappa shape index (κ2) is 8.03. The summed E-state index contributed by atoms with van der Waals surface area (Å²) in [6, 6.07) is 11.4. The van der Waals surface area contributed by atoms with Crippen LogP contribution in [0.5, 0.6) is 5.75 Å². The molecular formula is C24H24Cl2N2O3. The van der Waals surface area contributed by atoms with Gasteiger partial charge in [0.25, 0.3) is 5.91 Å². The standard InChI is InChI=1S/C24H24Cl2N2O3/c25-17-1-4-19(5-2-17)27-22(29)20-10-18(26)3-6-21(20)31-23(30)28-24-11-14-7-15(12-24)9-16(8-14)13-24/h1-6,10,14-16H,7-9,11-13H2,(H,27,29)(H,28,30). The zero-order valence-electron chi connectivity index (χ0n) is 17.0. The number of ether oxygens (including phenoxy) is 1. The fourth-order valence-electron chi connectivity index (χ4n) is 6.11. The van der Waals surface area contributed by atoms with Gasteiger partial charge in [-0.2, -0.15) is 0 Å². The molecule has 0 heterocycles. The van der Waals surface area contributed by atoms with Gasteiger partial charge in [-0.1, -0.05) is 23.2 Å². The van der Waals surface area contributed by atoms with E-state index in [0.29, 0.717) is 33.5 Å². The van der Waals surface area contributed by atoms with Crippen molar-refractivity contribution in [3.63, 3.8) is 0 Å². The zero-order valence-corrected chi connectivity index (χ0v) is 18.5. The van der Waals surface area contributed by atoms with Crippen LogP contribution in [0.1, 0.15) is 48.9 Å². The first-order chi connectivity index (χ1) is 14.9. The third-order valence-electron chi connectivity index (χ3n) is 6.90. The molecule has 2 aromatic rings.